The van der Waals surface area contributed by atoms with E-state index >= 15 is 0 Å². The summed E-state index contributed by atoms with van der Waals surface area (Å²) in [6.07, 6.45) is -4.97. The van der Waals surface area contributed by atoms with Crippen molar-refractivity contribution in [3.63, 3.8) is 0 Å². The molecule has 0 saturated heterocycles. The predicted molar refractivity (Wildman–Crippen MR) is 154 cm³/mol. The van der Waals surface area contributed by atoms with Gasteiger partial charge in [-0.15, -0.1) is 15.0 Å². The van der Waals surface area contributed by atoms with E-state index in [0.717, 1.165) is 41.1 Å². The Labute approximate surface area is 254 Å². The summed E-state index contributed by atoms with van der Waals surface area (Å²) in [5.74, 6) is -1.36. The number of halogens is 6. The first kappa shape index (κ1) is 32.3. The molecule has 0 radical (unpaired) electrons. The first-order valence-corrected chi connectivity index (χ1v) is 16.7. The molecule has 18 heteroatoms. The number of hydrogen-bond donors (Lipinski definition) is 1. The topological polar surface area (TPSA) is 115 Å². The van der Waals surface area contributed by atoms with Gasteiger partial charge in [0.05, 0.1) is 47.3 Å². The Morgan fingerprint density at radius 1 is 1.09 bits per heavy atom. The SMILES string of the molecule is CC(O[Si](C)(C)C(C)(C)C)c1cnn(-c2ncc(NC(=O)N3CC(C)(C(F)(F)F)c4c3cnc3cc(F)nn43)cc2C(F)F)n1. The van der Waals surface area contributed by atoms with E-state index in [0.29, 0.717) is 10.2 Å². The van der Waals surface area contributed by atoms with Gasteiger partial charge in [-0.1, -0.05) is 20.8 Å². The Morgan fingerprint density at radius 2 is 1.78 bits per heavy atom. The van der Waals surface area contributed by atoms with Crippen LogP contribution in [0.15, 0.2) is 30.7 Å². The smallest absolute Gasteiger partial charge is 0.401 e. The van der Waals surface area contributed by atoms with Gasteiger partial charge in [-0.05, 0) is 38.0 Å². The minimum Gasteiger partial charge on any atom is -0.409 e. The van der Waals surface area contributed by atoms with E-state index in [4.69, 9.17) is 4.43 Å². The van der Waals surface area contributed by atoms with E-state index in [1.54, 1.807) is 6.92 Å². The highest BCUT2D eigenvalue weighted by Crippen LogP contribution is 2.50. The van der Waals surface area contributed by atoms with Gasteiger partial charge in [0.15, 0.2) is 19.8 Å². The molecule has 11 nitrogen and oxygen atoms in total. The number of rotatable bonds is 6. The normalized spacial score (nSPS) is 18.1. The molecule has 0 spiro atoms. The van der Waals surface area contributed by atoms with E-state index < -0.39 is 62.2 Å². The van der Waals surface area contributed by atoms with E-state index in [9.17, 15) is 31.1 Å². The highest BCUT2D eigenvalue weighted by molar-refractivity contribution is 6.74. The highest BCUT2D eigenvalue weighted by atomic mass is 28.4. The van der Waals surface area contributed by atoms with Gasteiger partial charge in [0.1, 0.15) is 11.1 Å². The number of nitrogens with zero attached hydrogens (tertiary/aromatic N) is 8. The molecular weight excluding hydrogens is 624 g/mol. The van der Waals surface area contributed by atoms with E-state index in [1.165, 1.54) is 6.20 Å². The Kier molecular flexibility index (Phi) is 7.75. The van der Waals surface area contributed by atoms with Crippen LogP contribution >= 0.6 is 0 Å². The molecule has 0 fully saturated rings. The molecule has 2 unspecified atom stereocenters. The van der Waals surface area contributed by atoms with Crippen LogP contribution in [0.1, 0.15) is 64.1 Å². The van der Waals surface area contributed by atoms with Gasteiger partial charge >= 0.3 is 12.2 Å². The molecule has 45 heavy (non-hydrogen) atoms. The second-order valence-electron chi connectivity index (χ2n) is 12.6. The molecule has 0 saturated carbocycles. The Hall–Kier alpha value is -4.06. The fraction of sp³-hybridized carbons (Fsp3) is 0.481. The third kappa shape index (κ3) is 5.64. The van der Waals surface area contributed by atoms with Crippen molar-refractivity contribution >= 4 is 31.4 Å². The predicted octanol–water partition coefficient (Wildman–Crippen LogP) is 6.74. The fourth-order valence-corrected chi connectivity index (χ4v) is 6.15. The number of aromatic nitrogens is 7. The maximum absolute atomic E-state index is 14.3. The molecule has 2 amide bonds. The van der Waals surface area contributed by atoms with Gasteiger partial charge in [0.25, 0.3) is 6.43 Å². The lowest BCUT2D eigenvalue weighted by Crippen LogP contribution is -2.46. The fourth-order valence-electron chi connectivity index (χ4n) is 4.80. The van der Waals surface area contributed by atoms with Crippen LogP contribution in [-0.2, 0) is 9.84 Å². The summed E-state index contributed by atoms with van der Waals surface area (Å²) < 4.78 is 92.3. The van der Waals surface area contributed by atoms with E-state index in [2.05, 4.69) is 64.4 Å². The molecule has 0 bridgehead atoms. The number of hydrogen-bond acceptors (Lipinski definition) is 7. The van der Waals surface area contributed by atoms with Crippen molar-refractivity contribution in [2.45, 2.75) is 76.9 Å². The molecule has 0 aliphatic carbocycles. The number of carbonyl (C=O) groups excluding carboxylic acids is 1. The van der Waals surface area contributed by atoms with Gasteiger partial charge in [0, 0.05) is 12.6 Å². The minimum atomic E-state index is -4.87. The molecule has 0 aromatic carbocycles. The number of pyridine rings is 1. The lowest BCUT2D eigenvalue weighted by Gasteiger charge is -2.38. The zero-order valence-corrected chi connectivity index (χ0v) is 26.4. The lowest BCUT2D eigenvalue weighted by atomic mass is 9.88. The largest absolute Gasteiger partial charge is 0.409 e. The molecule has 1 N–H and O–H groups in total. The van der Waals surface area contributed by atoms with Gasteiger partial charge in [-0.3, -0.25) is 4.90 Å². The standard InChI is InChI=1S/C27H31F6N9O2Si/c1-14(44-45(6,7)25(2,3)4)17-11-36-42(38-17)23-16(22(29)30)8-15(10-35-23)37-24(43)40-13-26(5,27(31,32)33)21-18(40)12-34-20-9-19(28)39-41(20)21/h8-12,14,22H,13H2,1-7H3,(H,37,43). The zero-order chi connectivity index (χ0) is 33.3. The van der Waals surface area contributed by atoms with Crippen LogP contribution in [0.2, 0.25) is 18.1 Å². The van der Waals surface area contributed by atoms with Crippen molar-refractivity contribution in [2.75, 3.05) is 16.8 Å². The van der Waals surface area contributed by atoms with Gasteiger partial charge in [0.2, 0.25) is 5.95 Å². The molecule has 4 aromatic heterocycles. The summed E-state index contributed by atoms with van der Waals surface area (Å²) in [6.45, 7) is 12.1. The molecule has 4 aromatic rings. The summed E-state index contributed by atoms with van der Waals surface area (Å²) in [4.78, 5) is 22.9. The van der Waals surface area contributed by atoms with Crippen molar-refractivity contribution in [2.24, 2.45) is 0 Å². The van der Waals surface area contributed by atoms with Crippen LogP contribution in [0.5, 0.6) is 0 Å². The first-order chi connectivity index (χ1) is 20.7. The number of anilines is 2. The lowest BCUT2D eigenvalue weighted by molar-refractivity contribution is -0.181. The van der Waals surface area contributed by atoms with Crippen LogP contribution < -0.4 is 10.2 Å². The summed E-state index contributed by atoms with van der Waals surface area (Å²) in [5.41, 5.74) is -4.05. The average molecular weight is 656 g/mol. The monoisotopic (exact) mass is 655 g/mol. The number of fused-ring (bicyclic) bond motifs is 3. The average Bonchev–Trinajstić information content (AvgIpc) is 3.63. The Balaban J connectivity index is 1.42. The summed E-state index contributed by atoms with van der Waals surface area (Å²) in [7, 11) is -2.18. The van der Waals surface area contributed by atoms with Crippen LogP contribution in [0.25, 0.3) is 11.5 Å². The molecule has 5 rings (SSSR count). The molecule has 1 aliphatic rings. The van der Waals surface area contributed by atoms with Crippen molar-refractivity contribution < 1.29 is 35.6 Å². The Morgan fingerprint density at radius 3 is 2.40 bits per heavy atom. The third-order valence-corrected chi connectivity index (χ3v) is 12.9. The summed E-state index contributed by atoms with van der Waals surface area (Å²) in [6, 6.07) is 0.718. The number of alkyl halides is 5. The van der Waals surface area contributed by atoms with Crippen LogP contribution in [-0.4, -0.2) is 61.6 Å². The van der Waals surface area contributed by atoms with Crippen LogP contribution in [0, 0.1) is 5.95 Å². The molecule has 5 heterocycles. The third-order valence-electron chi connectivity index (χ3n) is 8.37. The van der Waals surface area contributed by atoms with E-state index in [1.807, 2.05) is 0 Å². The first-order valence-electron chi connectivity index (χ1n) is 13.8. The molecular formula is C27H31F6N9O2Si. The maximum Gasteiger partial charge on any atom is 0.401 e. The van der Waals surface area contributed by atoms with Gasteiger partial charge < -0.3 is 9.74 Å². The number of amides is 2. The van der Waals surface area contributed by atoms with Crippen molar-refractivity contribution in [1.82, 2.24) is 34.6 Å². The zero-order valence-electron chi connectivity index (χ0n) is 25.4. The van der Waals surface area contributed by atoms with Crippen molar-refractivity contribution in [1.29, 1.82) is 0 Å². The van der Waals surface area contributed by atoms with Crippen LogP contribution in [0.3, 0.4) is 0 Å². The summed E-state index contributed by atoms with van der Waals surface area (Å²) >= 11 is 0. The van der Waals surface area contributed by atoms with Gasteiger partial charge in [-0.2, -0.15) is 22.7 Å². The second-order valence-corrected chi connectivity index (χ2v) is 17.3. The van der Waals surface area contributed by atoms with Crippen LogP contribution in [0.4, 0.5) is 42.5 Å². The summed E-state index contributed by atoms with van der Waals surface area (Å²) in [5, 5.41) is 14.1. The highest BCUT2D eigenvalue weighted by Gasteiger charge is 2.60. The molecule has 2 atom stereocenters. The van der Waals surface area contributed by atoms with Gasteiger partial charge in [-0.25, -0.2) is 28.1 Å². The molecule has 1 aliphatic heterocycles. The second kappa shape index (κ2) is 10.8. The number of carbonyl (C=O) groups is 1. The molecule has 242 valence electrons. The maximum atomic E-state index is 14.3. The number of urea groups is 1. The van der Waals surface area contributed by atoms with Crippen molar-refractivity contribution in [3.05, 3.63) is 53.6 Å². The van der Waals surface area contributed by atoms with Crippen molar-refractivity contribution in [3.8, 4) is 5.82 Å². The quantitative estimate of drug-likeness (QED) is 0.181. The minimum absolute atomic E-state index is 0.0791. The Bertz CT molecular complexity index is 1770. The van der Waals surface area contributed by atoms with E-state index in [-0.39, 0.29) is 27.9 Å². The number of nitrogens with one attached hydrogen (secondary N) is 1.